The highest BCUT2D eigenvalue weighted by atomic mass is 19.1. The molecule has 2 atom stereocenters. The molecule has 4 nitrogen and oxygen atoms in total. The van der Waals surface area contributed by atoms with Gasteiger partial charge in [0.1, 0.15) is 12.2 Å². The van der Waals surface area contributed by atoms with Gasteiger partial charge in [0, 0.05) is 0 Å². The van der Waals surface area contributed by atoms with Crippen LogP contribution in [0.15, 0.2) is 0 Å². The van der Waals surface area contributed by atoms with E-state index < -0.39 is 23.8 Å². The topological polar surface area (TPSA) is 77.8 Å². The van der Waals surface area contributed by atoms with Crippen molar-refractivity contribution >= 4 is 5.97 Å². The SMILES string of the molecule is CCCC(O)C(F)(C(=O)O)C(O)CCC. The van der Waals surface area contributed by atoms with E-state index in [9.17, 15) is 19.4 Å². The first-order valence-electron chi connectivity index (χ1n) is 5.19. The smallest absolute Gasteiger partial charge is 0.347 e. The van der Waals surface area contributed by atoms with Crippen molar-refractivity contribution in [1.82, 2.24) is 0 Å². The summed E-state index contributed by atoms with van der Waals surface area (Å²) in [6.45, 7) is 3.41. The van der Waals surface area contributed by atoms with Gasteiger partial charge in [-0.05, 0) is 12.8 Å². The van der Waals surface area contributed by atoms with Gasteiger partial charge in [0.05, 0.1) is 0 Å². The van der Waals surface area contributed by atoms with E-state index in [0.29, 0.717) is 12.8 Å². The number of alkyl halides is 1. The van der Waals surface area contributed by atoms with Gasteiger partial charge in [-0.3, -0.25) is 0 Å². The molecule has 0 fully saturated rings. The molecule has 0 aliphatic heterocycles. The summed E-state index contributed by atoms with van der Waals surface area (Å²) in [5.41, 5.74) is -2.95. The second-order valence-electron chi connectivity index (χ2n) is 3.68. The van der Waals surface area contributed by atoms with Gasteiger partial charge in [-0.25, -0.2) is 9.18 Å². The number of aliphatic carboxylic acids is 1. The number of aliphatic hydroxyl groups is 2. The predicted molar refractivity (Wildman–Crippen MR) is 53.3 cm³/mol. The number of hydrogen-bond donors (Lipinski definition) is 3. The van der Waals surface area contributed by atoms with Crippen LogP contribution in [0.3, 0.4) is 0 Å². The molecule has 0 aliphatic rings. The van der Waals surface area contributed by atoms with Gasteiger partial charge in [0.15, 0.2) is 0 Å². The maximum absolute atomic E-state index is 14.0. The van der Waals surface area contributed by atoms with Crippen molar-refractivity contribution in [2.45, 2.75) is 57.4 Å². The van der Waals surface area contributed by atoms with E-state index >= 15 is 0 Å². The highest BCUT2D eigenvalue weighted by Crippen LogP contribution is 2.27. The molecular weight excluding hydrogens is 203 g/mol. The summed E-state index contributed by atoms with van der Waals surface area (Å²) >= 11 is 0. The van der Waals surface area contributed by atoms with Crippen molar-refractivity contribution < 1.29 is 24.5 Å². The molecule has 0 spiro atoms. The van der Waals surface area contributed by atoms with E-state index in [1.807, 2.05) is 0 Å². The normalized spacial score (nSPS) is 19.3. The van der Waals surface area contributed by atoms with E-state index in [-0.39, 0.29) is 12.8 Å². The van der Waals surface area contributed by atoms with Crippen molar-refractivity contribution in [3.8, 4) is 0 Å². The monoisotopic (exact) mass is 222 g/mol. The molecule has 0 amide bonds. The number of halogens is 1. The van der Waals surface area contributed by atoms with Gasteiger partial charge in [-0.15, -0.1) is 0 Å². The molecule has 0 aromatic rings. The van der Waals surface area contributed by atoms with Crippen molar-refractivity contribution in [2.75, 3.05) is 0 Å². The molecule has 0 aromatic carbocycles. The van der Waals surface area contributed by atoms with Crippen LogP contribution in [0, 0.1) is 0 Å². The van der Waals surface area contributed by atoms with Crippen molar-refractivity contribution in [1.29, 1.82) is 0 Å². The zero-order chi connectivity index (χ0) is 12.1. The molecule has 0 rings (SSSR count). The quantitative estimate of drug-likeness (QED) is 0.602. The second kappa shape index (κ2) is 6.02. The molecular formula is C10H19FO4. The molecule has 0 aliphatic carbocycles. The molecule has 3 N–H and O–H groups in total. The van der Waals surface area contributed by atoms with Crippen LogP contribution in [0.4, 0.5) is 4.39 Å². The molecule has 0 aromatic heterocycles. The summed E-state index contributed by atoms with van der Waals surface area (Å²) in [7, 11) is 0. The molecule has 0 saturated carbocycles. The average molecular weight is 222 g/mol. The molecule has 2 unspecified atom stereocenters. The molecule has 0 saturated heterocycles. The minimum absolute atomic E-state index is 0.0174. The number of carboxylic acid groups (broad SMARTS) is 1. The molecule has 15 heavy (non-hydrogen) atoms. The molecule has 5 heteroatoms. The number of rotatable bonds is 7. The largest absolute Gasteiger partial charge is 0.479 e. The maximum atomic E-state index is 14.0. The van der Waals surface area contributed by atoms with Gasteiger partial charge < -0.3 is 15.3 Å². The van der Waals surface area contributed by atoms with E-state index in [0.717, 1.165) is 0 Å². The van der Waals surface area contributed by atoms with Crippen LogP contribution in [0.25, 0.3) is 0 Å². The average Bonchev–Trinajstić information content (AvgIpc) is 2.16. The lowest BCUT2D eigenvalue weighted by atomic mass is 9.87. The summed E-state index contributed by atoms with van der Waals surface area (Å²) in [6.07, 6.45) is -2.38. The van der Waals surface area contributed by atoms with Crippen molar-refractivity contribution in [2.24, 2.45) is 0 Å². The zero-order valence-corrected chi connectivity index (χ0v) is 9.11. The van der Waals surface area contributed by atoms with Crippen LogP contribution in [0.2, 0.25) is 0 Å². The van der Waals surface area contributed by atoms with E-state index in [1.165, 1.54) is 0 Å². The van der Waals surface area contributed by atoms with Crippen molar-refractivity contribution in [3.63, 3.8) is 0 Å². The lowest BCUT2D eigenvalue weighted by Gasteiger charge is -2.30. The van der Waals surface area contributed by atoms with Gasteiger partial charge in [-0.1, -0.05) is 26.7 Å². The highest BCUT2D eigenvalue weighted by molar-refractivity contribution is 5.79. The Morgan fingerprint density at radius 2 is 1.53 bits per heavy atom. The number of carbonyl (C=O) groups is 1. The summed E-state index contributed by atoms with van der Waals surface area (Å²) in [4.78, 5) is 10.8. The summed E-state index contributed by atoms with van der Waals surface area (Å²) in [5, 5.41) is 27.6. The Labute approximate surface area is 88.7 Å². The Morgan fingerprint density at radius 1 is 1.20 bits per heavy atom. The molecule has 0 heterocycles. The summed E-state index contributed by atoms with van der Waals surface area (Å²) < 4.78 is 14.0. The van der Waals surface area contributed by atoms with Gasteiger partial charge in [-0.2, -0.15) is 0 Å². The van der Waals surface area contributed by atoms with Gasteiger partial charge >= 0.3 is 5.97 Å². The van der Waals surface area contributed by atoms with Crippen LogP contribution < -0.4 is 0 Å². The van der Waals surface area contributed by atoms with Crippen LogP contribution >= 0.6 is 0 Å². The maximum Gasteiger partial charge on any atom is 0.347 e. The minimum atomic E-state index is -2.95. The van der Waals surface area contributed by atoms with E-state index in [2.05, 4.69) is 0 Å². The fourth-order valence-corrected chi connectivity index (χ4v) is 1.47. The van der Waals surface area contributed by atoms with Crippen molar-refractivity contribution in [3.05, 3.63) is 0 Å². The van der Waals surface area contributed by atoms with Crippen LogP contribution in [0.1, 0.15) is 39.5 Å². The minimum Gasteiger partial charge on any atom is -0.479 e. The number of hydrogen-bond acceptors (Lipinski definition) is 3. The first-order valence-corrected chi connectivity index (χ1v) is 5.19. The Bertz CT molecular complexity index is 196. The first kappa shape index (κ1) is 14.3. The third-order valence-corrected chi connectivity index (χ3v) is 2.42. The zero-order valence-electron chi connectivity index (χ0n) is 9.11. The van der Waals surface area contributed by atoms with Crippen LogP contribution in [0.5, 0.6) is 0 Å². The molecule has 0 radical (unpaired) electrons. The van der Waals surface area contributed by atoms with E-state index in [4.69, 9.17) is 5.11 Å². The van der Waals surface area contributed by atoms with Crippen LogP contribution in [-0.2, 0) is 4.79 Å². The van der Waals surface area contributed by atoms with Gasteiger partial charge in [0.25, 0.3) is 5.67 Å². The van der Waals surface area contributed by atoms with E-state index in [1.54, 1.807) is 13.8 Å². The third kappa shape index (κ3) is 3.14. The highest BCUT2D eigenvalue weighted by Gasteiger charge is 2.51. The fourth-order valence-electron chi connectivity index (χ4n) is 1.47. The van der Waals surface area contributed by atoms with Gasteiger partial charge in [0.2, 0.25) is 0 Å². The Balaban J connectivity index is 4.79. The summed E-state index contributed by atoms with van der Waals surface area (Å²) in [6, 6.07) is 0. The first-order chi connectivity index (χ1) is 6.91. The fraction of sp³-hybridized carbons (Fsp3) is 0.900. The Morgan fingerprint density at radius 3 is 1.73 bits per heavy atom. The third-order valence-electron chi connectivity index (χ3n) is 2.42. The standard InChI is InChI=1S/C10H19FO4/c1-3-5-7(12)10(11,9(14)15)8(13)6-4-2/h7-8,12-13H,3-6H2,1-2H3,(H,14,15). The lowest BCUT2D eigenvalue weighted by Crippen LogP contribution is -2.54. The molecule has 0 bridgehead atoms. The van der Waals surface area contributed by atoms with Crippen LogP contribution in [-0.4, -0.2) is 39.2 Å². The Kier molecular flexibility index (Phi) is 5.75. The molecule has 90 valence electrons. The predicted octanol–water partition coefficient (Wildman–Crippen LogP) is 1.10. The summed E-state index contributed by atoms with van der Waals surface area (Å²) in [5.74, 6) is -1.80. The Hall–Kier alpha value is -0.680. The number of carboxylic acids is 1. The lowest BCUT2D eigenvalue weighted by molar-refractivity contribution is -0.174. The second-order valence-corrected chi connectivity index (χ2v) is 3.68. The number of aliphatic hydroxyl groups excluding tert-OH is 2.